The van der Waals surface area contributed by atoms with Crippen molar-refractivity contribution in [3.8, 4) is 5.75 Å². The number of hydrogen-bond donors (Lipinski definition) is 3. The van der Waals surface area contributed by atoms with Gasteiger partial charge in [-0.1, -0.05) is 25.5 Å². The average molecular weight is 223 g/mol. The van der Waals surface area contributed by atoms with E-state index in [1.54, 1.807) is 24.3 Å². The van der Waals surface area contributed by atoms with Crippen LogP contribution in [0.4, 0.5) is 0 Å². The Hall–Kier alpha value is -1.55. The van der Waals surface area contributed by atoms with Crippen molar-refractivity contribution in [2.24, 2.45) is 5.73 Å². The lowest BCUT2D eigenvalue weighted by Crippen LogP contribution is -2.49. The lowest BCUT2D eigenvalue weighted by Gasteiger charge is -2.24. The van der Waals surface area contributed by atoms with E-state index in [0.717, 1.165) is 5.56 Å². The van der Waals surface area contributed by atoms with Gasteiger partial charge in [-0.15, -0.1) is 0 Å². The highest BCUT2D eigenvalue weighted by Gasteiger charge is 2.33. The van der Waals surface area contributed by atoms with Crippen LogP contribution in [0.15, 0.2) is 24.3 Å². The zero-order valence-corrected chi connectivity index (χ0v) is 9.31. The third kappa shape index (κ3) is 2.97. The third-order valence-corrected chi connectivity index (χ3v) is 2.55. The maximum absolute atomic E-state index is 11.1. The molecule has 0 aliphatic carbocycles. The number of carboxylic acid groups (broad SMARTS) is 1. The molecule has 0 aromatic heterocycles. The van der Waals surface area contributed by atoms with Gasteiger partial charge in [0.1, 0.15) is 11.3 Å². The summed E-state index contributed by atoms with van der Waals surface area (Å²) in [5, 5.41) is 18.4. The Balaban J connectivity index is 2.87. The number of carbonyl (C=O) groups is 1. The van der Waals surface area contributed by atoms with Gasteiger partial charge in [-0.3, -0.25) is 4.79 Å². The van der Waals surface area contributed by atoms with Crippen molar-refractivity contribution in [2.45, 2.75) is 31.7 Å². The van der Waals surface area contributed by atoms with Crippen LogP contribution in [0.5, 0.6) is 5.75 Å². The zero-order valence-electron chi connectivity index (χ0n) is 9.31. The van der Waals surface area contributed by atoms with Gasteiger partial charge >= 0.3 is 5.97 Å². The fraction of sp³-hybridized carbons (Fsp3) is 0.417. The Kier molecular flexibility index (Phi) is 3.90. The Morgan fingerprint density at radius 1 is 1.50 bits per heavy atom. The fourth-order valence-corrected chi connectivity index (χ4v) is 1.75. The van der Waals surface area contributed by atoms with Gasteiger partial charge in [0.2, 0.25) is 0 Å². The van der Waals surface area contributed by atoms with E-state index in [-0.39, 0.29) is 12.2 Å². The summed E-state index contributed by atoms with van der Waals surface area (Å²) in [7, 11) is 0. The van der Waals surface area contributed by atoms with Gasteiger partial charge in [-0.05, 0) is 24.1 Å². The lowest BCUT2D eigenvalue weighted by molar-refractivity contribution is -0.143. The number of phenols is 1. The topological polar surface area (TPSA) is 83.5 Å². The number of phenolic OH excluding ortho intramolecular Hbond substituents is 1. The summed E-state index contributed by atoms with van der Waals surface area (Å²) in [4.78, 5) is 11.1. The number of aromatic hydroxyl groups is 1. The van der Waals surface area contributed by atoms with Gasteiger partial charge in [0.05, 0.1) is 0 Å². The van der Waals surface area contributed by atoms with Gasteiger partial charge in [0, 0.05) is 6.42 Å². The molecule has 0 unspecified atom stereocenters. The van der Waals surface area contributed by atoms with E-state index in [1.807, 2.05) is 6.92 Å². The molecule has 0 aliphatic heterocycles. The maximum Gasteiger partial charge on any atom is 0.324 e. The minimum absolute atomic E-state index is 0.127. The van der Waals surface area contributed by atoms with Gasteiger partial charge in [0.15, 0.2) is 0 Å². The molecule has 0 fully saturated rings. The van der Waals surface area contributed by atoms with Crippen LogP contribution in [0, 0.1) is 0 Å². The SMILES string of the molecule is CCC[C@](N)(Cc1cccc(O)c1)C(=O)O. The fourth-order valence-electron chi connectivity index (χ4n) is 1.75. The molecule has 4 N–H and O–H groups in total. The number of benzene rings is 1. The molecule has 0 saturated carbocycles. The van der Waals surface area contributed by atoms with E-state index in [9.17, 15) is 9.90 Å². The van der Waals surface area contributed by atoms with E-state index in [2.05, 4.69) is 0 Å². The summed E-state index contributed by atoms with van der Waals surface area (Å²) in [5.74, 6) is -0.876. The first-order chi connectivity index (χ1) is 7.48. The van der Waals surface area contributed by atoms with E-state index in [1.165, 1.54) is 0 Å². The van der Waals surface area contributed by atoms with Crippen molar-refractivity contribution >= 4 is 5.97 Å². The second kappa shape index (κ2) is 4.99. The highest BCUT2D eigenvalue weighted by atomic mass is 16.4. The Labute approximate surface area is 94.7 Å². The van der Waals surface area contributed by atoms with Crippen molar-refractivity contribution in [3.63, 3.8) is 0 Å². The minimum atomic E-state index is -1.25. The molecule has 0 aliphatic rings. The molecule has 0 spiro atoms. The minimum Gasteiger partial charge on any atom is -0.508 e. The highest BCUT2D eigenvalue weighted by molar-refractivity contribution is 5.78. The van der Waals surface area contributed by atoms with E-state index < -0.39 is 11.5 Å². The maximum atomic E-state index is 11.1. The van der Waals surface area contributed by atoms with Gasteiger partial charge in [-0.2, -0.15) is 0 Å². The normalized spacial score (nSPS) is 14.4. The molecule has 0 saturated heterocycles. The number of aliphatic carboxylic acids is 1. The van der Waals surface area contributed by atoms with Crippen LogP contribution in [0.3, 0.4) is 0 Å². The highest BCUT2D eigenvalue weighted by Crippen LogP contribution is 2.20. The molecule has 88 valence electrons. The zero-order chi connectivity index (χ0) is 12.2. The first kappa shape index (κ1) is 12.5. The first-order valence-electron chi connectivity index (χ1n) is 5.28. The second-order valence-electron chi connectivity index (χ2n) is 4.06. The van der Waals surface area contributed by atoms with E-state index in [4.69, 9.17) is 10.8 Å². The van der Waals surface area contributed by atoms with Gasteiger partial charge < -0.3 is 15.9 Å². The molecule has 1 atom stereocenters. The molecule has 0 amide bonds. The van der Waals surface area contributed by atoms with Crippen LogP contribution in [0.25, 0.3) is 0 Å². The summed E-state index contributed by atoms with van der Waals surface area (Å²) in [5.41, 5.74) is 5.34. The standard InChI is InChI=1S/C12H17NO3/c1-2-6-12(13,11(15)16)8-9-4-3-5-10(14)7-9/h3-5,7,14H,2,6,8,13H2,1H3,(H,15,16)/t12-/m0/s1. The molecule has 16 heavy (non-hydrogen) atoms. The largest absolute Gasteiger partial charge is 0.508 e. The van der Waals surface area contributed by atoms with Crippen molar-refractivity contribution in [3.05, 3.63) is 29.8 Å². The number of nitrogens with two attached hydrogens (primary N) is 1. The Morgan fingerprint density at radius 2 is 2.19 bits per heavy atom. The summed E-state index contributed by atoms with van der Waals surface area (Å²) < 4.78 is 0. The quantitative estimate of drug-likeness (QED) is 0.706. The summed E-state index contributed by atoms with van der Waals surface area (Å²) in [6, 6.07) is 6.53. The molecule has 0 heterocycles. The molecule has 0 bridgehead atoms. The number of rotatable bonds is 5. The number of hydrogen-bond acceptors (Lipinski definition) is 3. The first-order valence-corrected chi connectivity index (χ1v) is 5.28. The molecule has 4 nitrogen and oxygen atoms in total. The van der Waals surface area contributed by atoms with Crippen molar-refractivity contribution in [2.75, 3.05) is 0 Å². The van der Waals surface area contributed by atoms with Crippen molar-refractivity contribution in [1.29, 1.82) is 0 Å². The predicted molar refractivity (Wildman–Crippen MR) is 61.3 cm³/mol. The third-order valence-electron chi connectivity index (χ3n) is 2.55. The van der Waals surface area contributed by atoms with Crippen LogP contribution < -0.4 is 5.73 Å². The Bertz CT molecular complexity index is 378. The second-order valence-corrected chi connectivity index (χ2v) is 4.06. The average Bonchev–Trinajstić information content (AvgIpc) is 2.17. The molecule has 1 aromatic rings. The monoisotopic (exact) mass is 223 g/mol. The van der Waals surface area contributed by atoms with E-state index in [0.29, 0.717) is 12.8 Å². The van der Waals surface area contributed by atoms with Crippen LogP contribution in [0.2, 0.25) is 0 Å². The van der Waals surface area contributed by atoms with Gasteiger partial charge in [0.25, 0.3) is 0 Å². The van der Waals surface area contributed by atoms with Crippen LogP contribution in [-0.2, 0) is 11.2 Å². The molecule has 0 radical (unpaired) electrons. The molecule has 4 heteroatoms. The summed E-state index contributed by atoms with van der Waals surface area (Å²) >= 11 is 0. The molecule has 1 rings (SSSR count). The molecular formula is C12H17NO3. The summed E-state index contributed by atoms with van der Waals surface area (Å²) in [6.45, 7) is 1.90. The van der Waals surface area contributed by atoms with E-state index >= 15 is 0 Å². The number of carboxylic acids is 1. The Morgan fingerprint density at radius 3 is 2.69 bits per heavy atom. The van der Waals surface area contributed by atoms with Crippen LogP contribution in [-0.4, -0.2) is 21.7 Å². The lowest BCUT2D eigenvalue weighted by atomic mass is 9.87. The van der Waals surface area contributed by atoms with Crippen molar-refractivity contribution in [1.82, 2.24) is 0 Å². The van der Waals surface area contributed by atoms with Crippen LogP contribution in [0.1, 0.15) is 25.3 Å². The molecule has 1 aromatic carbocycles. The van der Waals surface area contributed by atoms with Gasteiger partial charge in [-0.25, -0.2) is 0 Å². The summed E-state index contributed by atoms with van der Waals surface area (Å²) in [6.07, 6.45) is 1.35. The molecular weight excluding hydrogens is 206 g/mol. The van der Waals surface area contributed by atoms with Crippen molar-refractivity contribution < 1.29 is 15.0 Å². The van der Waals surface area contributed by atoms with Crippen LogP contribution >= 0.6 is 0 Å². The smallest absolute Gasteiger partial charge is 0.324 e. The predicted octanol–water partition coefficient (Wildman–Crippen LogP) is 1.52.